The monoisotopic (exact) mass is 238 g/mol. The topological polar surface area (TPSA) is 23.6 Å². The van der Waals surface area contributed by atoms with Gasteiger partial charge in [-0.3, -0.25) is 9.69 Å². The maximum Gasteiger partial charge on any atom is 0.316 e. The number of nitrogens with zero attached hydrogens (tertiary/aromatic N) is 2. The second-order valence-corrected chi connectivity index (χ2v) is 4.52. The first-order chi connectivity index (χ1) is 7.66. The number of carbonyl (C=O) groups excluding carboxylic acids is 1. The quantitative estimate of drug-likeness (QED) is 0.595. The van der Waals surface area contributed by atoms with Crippen LogP contribution in [0, 0.1) is 0 Å². The lowest BCUT2D eigenvalue weighted by molar-refractivity contribution is 0.0667. The van der Waals surface area contributed by atoms with Crippen molar-refractivity contribution in [2.24, 2.45) is 0 Å². The number of halogens is 1. The van der Waals surface area contributed by atoms with Gasteiger partial charge in [0, 0.05) is 26.7 Å². The molecule has 0 spiro atoms. The molecule has 1 fully saturated rings. The van der Waals surface area contributed by atoms with Gasteiger partial charge in [-0.2, -0.15) is 0 Å². The molecule has 3 nitrogen and oxygen atoms in total. The van der Waals surface area contributed by atoms with Crippen molar-refractivity contribution < 1.29 is 4.79 Å². The molecule has 1 aliphatic rings. The van der Waals surface area contributed by atoms with Gasteiger partial charge in [-0.1, -0.05) is 30.3 Å². The van der Waals surface area contributed by atoms with Crippen LogP contribution in [0.25, 0.3) is 0 Å². The van der Waals surface area contributed by atoms with E-state index in [9.17, 15) is 4.79 Å². The van der Waals surface area contributed by atoms with Crippen LogP contribution < -0.4 is 0 Å². The minimum atomic E-state index is -0.371. The maximum absolute atomic E-state index is 10.9. The zero-order valence-electron chi connectivity index (χ0n) is 9.27. The van der Waals surface area contributed by atoms with Crippen LogP contribution in [0.1, 0.15) is 5.56 Å². The number of rotatable bonds is 3. The van der Waals surface area contributed by atoms with Crippen molar-refractivity contribution in [3.05, 3.63) is 35.9 Å². The van der Waals surface area contributed by atoms with E-state index in [1.54, 1.807) is 11.9 Å². The largest absolute Gasteiger partial charge is 0.327 e. The third-order valence-electron chi connectivity index (χ3n) is 3.01. The Labute approximate surface area is 101 Å². The second kappa shape index (κ2) is 4.85. The Kier molecular flexibility index (Phi) is 3.46. The molecule has 0 aliphatic carbocycles. The molecule has 0 aromatic heterocycles. The third kappa shape index (κ3) is 2.54. The number of hydrogen-bond donors (Lipinski definition) is 0. The average molecular weight is 239 g/mol. The van der Waals surface area contributed by atoms with Crippen LogP contribution in [0.15, 0.2) is 30.3 Å². The summed E-state index contributed by atoms with van der Waals surface area (Å²) >= 11 is 5.41. The van der Waals surface area contributed by atoms with Gasteiger partial charge in [0.1, 0.15) is 0 Å². The minimum absolute atomic E-state index is 0.272. The summed E-state index contributed by atoms with van der Waals surface area (Å²) < 4.78 is 0. The molecule has 1 aromatic rings. The van der Waals surface area contributed by atoms with E-state index in [1.807, 2.05) is 18.2 Å². The van der Waals surface area contributed by atoms with Crippen molar-refractivity contribution >= 4 is 17.0 Å². The van der Waals surface area contributed by atoms with Crippen LogP contribution in [0.2, 0.25) is 0 Å². The molecule has 4 heteroatoms. The van der Waals surface area contributed by atoms with Crippen molar-refractivity contribution in [3.8, 4) is 0 Å². The summed E-state index contributed by atoms with van der Waals surface area (Å²) in [6.45, 7) is 2.76. The van der Waals surface area contributed by atoms with Gasteiger partial charge in [0.15, 0.2) is 0 Å². The van der Waals surface area contributed by atoms with Gasteiger partial charge >= 0.3 is 5.37 Å². The Hall–Kier alpha value is -1.06. The molecule has 1 saturated heterocycles. The van der Waals surface area contributed by atoms with E-state index < -0.39 is 0 Å². The predicted octanol–water partition coefficient (Wildman–Crippen LogP) is 2.16. The molecule has 86 valence electrons. The molecule has 1 amide bonds. The van der Waals surface area contributed by atoms with Crippen LogP contribution in [-0.4, -0.2) is 41.3 Å². The fourth-order valence-corrected chi connectivity index (χ4v) is 2.04. The minimum Gasteiger partial charge on any atom is -0.327 e. The third-order valence-corrected chi connectivity index (χ3v) is 3.28. The van der Waals surface area contributed by atoms with E-state index in [0.717, 1.165) is 19.6 Å². The summed E-state index contributed by atoms with van der Waals surface area (Å²) in [5.74, 6) is 0. The molecule has 0 unspecified atom stereocenters. The molecule has 0 radical (unpaired) electrons. The van der Waals surface area contributed by atoms with Gasteiger partial charge < -0.3 is 4.90 Å². The summed E-state index contributed by atoms with van der Waals surface area (Å²) in [5, 5.41) is -0.371. The molecule has 0 bridgehead atoms. The lowest BCUT2D eigenvalue weighted by Crippen LogP contribution is -2.58. The van der Waals surface area contributed by atoms with E-state index in [-0.39, 0.29) is 11.4 Å². The van der Waals surface area contributed by atoms with Crippen molar-refractivity contribution in [2.45, 2.75) is 12.6 Å². The van der Waals surface area contributed by atoms with Gasteiger partial charge in [0.2, 0.25) is 0 Å². The summed E-state index contributed by atoms with van der Waals surface area (Å²) in [6.07, 6.45) is 0. The SMILES string of the molecule is CN(C(=O)Cl)C1CN(Cc2ccccc2)C1. The predicted molar refractivity (Wildman–Crippen MR) is 64.5 cm³/mol. The number of likely N-dealkylation sites (N-methyl/N-ethyl adjacent to an activating group) is 1. The molecule has 1 aliphatic heterocycles. The first-order valence-corrected chi connectivity index (χ1v) is 5.73. The average Bonchev–Trinajstić information content (AvgIpc) is 2.23. The summed E-state index contributed by atoms with van der Waals surface area (Å²) in [5.41, 5.74) is 1.31. The number of amides is 1. The second-order valence-electron chi connectivity index (χ2n) is 4.20. The Morgan fingerprint density at radius 1 is 1.44 bits per heavy atom. The van der Waals surface area contributed by atoms with E-state index >= 15 is 0 Å². The lowest BCUT2D eigenvalue weighted by atomic mass is 10.1. The standard InChI is InChI=1S/C12H15ClN2O/c1-14(12(13)16)11-8-15(9-11)7-10-5-3-2-4-6-10/h2-6,11H,7-9H2,1H3. The Morgan fingerprint density at radius 3 is 2.62 bits per heavy atom. The van der Waals surface area contributed by atoms with E-state index in [2.05, 4.69) is 17.0 Å². The summed E-state index contributed by atoms with van der Waals surface area (Å²) in [4.78, 5) is 14.8. The van der Waals surface area contributed by atoms with Crippen LogP contribution in [-0.2, 0) is 6.54 Å². The molecule has 0 saturated carbocycles. The Bertz CT molecular complexity index is 363. The van der Waals surface area contributed by atoms with Crippen molar-refractivity contribution in [1.29, 1.82) is 0 Å². The highest BCUT2D eigenvalue weighted by molar-refractivity contribution is 6.62. The van der Waals surface area contributed by atoms with E-state index in [4.69, 9.17) is 11.6 Å². The first kappa shape index (κ1) is 11.4. The highest BCUT2D eigenvalue weighted by Crippen LogP contribution is 2.17. The number of benzene rings is 1. The zero-order valence-corrected chi connectivity index (χ0v) is 10.0. The van der Waals surface area contributed by atoms with E-state index in [0.29, 0.717) is 0 Å². The van der Waals surface area contributed by atoms with Crippen LogP contribution in [0.5, 0.6) is 0 Å². The van der Waals surface area contributed by atoms with Gasteiger partial charge in [0.25, 0.3) is 0 Å². The smallest absolute Gasteiger partial charge is 0.316 e. The number of hydrogen-bond acceptors (Lipinski definition) is 2. The Balaban J connectivity index is 1.79. The van der Waals surface area contributed by atoms with Crippen LogP contribution >= 0.6 is 11.6 Å². The molecule has 1 heterocycles. The van der Waals surface area contributed by atoms with Crippen LogP contribution in [0.4, 0.5) is 4.79 Å². The molecular weight excluding hydrogens is 224 g/mol. The highest BCUT2D eigenvalue weighted by atomic mass is 35.5. The van der Waals surface area contributed by atoms with Crippen molar-refractivity contribution in [2.75, 3.05) is 20.1 Å². The molecule has 16 heavy (non-hydrogen) atoms. The van der Waals surface area contributed by atoms with Crippen molar-refractivity contribution in [1.82, 2.24) is 9.80 Å². The van der Waals surface area contributed by atoms with E-state index in [1.165, 1.54) is 5.56 Å². The number of carbonyl (C=O) groups is 1. The molecule has 0 atom stereocenters. The molecule has 1 aromatic carbocycles. The molecular formula is C12H15ClN2O. The molecule has 2 rings (SSSR count). The Morgan fingerprint density at radius 2 is 2.06 bits per heavy atom. The van der Waals surface area contributed by atoms with Gasteiger partial charge in [0.05, 0.1) is 6.04 Å². The van der Waals surface area contributed by atoms with Crippen molar-refractivity contribution in [3.63, 3.8) is 0 Å². The molecule has 0 N–H and O–H groups in total. The highest BCUT2D eigenvalue weighted by Gasteiger charge is 2.31. The maximum atomic E-state index is 10.9. The van der Waals surface area contributed by atoms with Crippen LogP contribution in [0.3, 0.4) is 0 Å². The lowest BCUT2D eigenvalue weighted by Gasteiger charge is -2.43. The van der Waals surface area contributed by atoms with Gasteiger partial charge in [-0.25, -0.2) is 0 Å². The number of likely N-dealkylation sites (tertiary alicyclic amines) is 1. The summed E-state index contributed by atoms with van der Waals surface area (Å²) in [7, 11) is 1.75. The summed E-state index contributed by atoms with van der Waals surface area (Å²) in [6, 6.07) is 10.6. The fourth-order valence-electron chi connectivity index (χ4n) is 1.90. The first-order valence-electron chi connectivity index (χ1n) is 5.35. The van der Waals surface area contributed by atoms with Gasteiger partial charge in [-0.05, 0) is 17.2 Å². The normalized spacial score (nSPS) is 16.9. The zero-order chi connectivity index (χ0) is 11.5. The fraction of sp³-hybridized carbons (Fsp3) is 0.417. The van der Waals surface area contributed by atoms with Gasteiger partial charge in [-0.15, -0.1) is 0 Å².